The Labute approximate surface area is 103 Å². The maximum Gasteiger partial charge on any atom is 0.147 e. The van der Waals surface area contributed by atoms with Crippen molar-refractivity contribution in [2.45, 2.75) is 12.8 Å². The van der Waals surface area contributed by atoms with Crippen molar-refractivity contribution in [2.24, 2.45) is 5.92 Å². The number of aliphatic hydroxyl groups excluding tert-OH is 1. The van der Waals surface area contributed by atoms with Crippen molar-refractivity contribution in [3.05, 3.63) is 28.5 Å². The number of anilines is 1. The Kier molecular flexibility index (Phi) is 3.82. The van der Waals surface area contributed by atoms with Gasteiger partial charge in [0.25, 0.3) is 0 Å². The van der Waals surface area contributed by atoms with Crippen molar-refractivity contribution in [1.82, 2.24) is 0 Å². The lowest BCUT2D eigenvalue weighted by Crippen LogP contribution is -2.35. The second-order valence-corrected chi connectivity index (χ2v) is 5.12. The summed E-state index contributed by atoms with van der Waals surface area (Å²) in [6, 6.07) is 5.16. The molecule has 1 fully saturated rings. The van der Waals surface area contributed by atoms with Crippen LogP contribution in [0.4, 0.5) is 10.1 Å². The number of halogens is 2. The normalized spacial score (nSPS) is 17.8. The van der Waals surface area contributed by atoms with Gasteiger partial charge in [0.1, 0.15) is 5.82 Å². The molecule has 16 heavy (non-hydrogen) atoms. The first-order valence-electron chi connectivity index (χ1n) is 5.51. The first-order chi connectivity index (χ1) is 7.70. The van der Waals surface area contributed by atoms with E-state index in [1.807, 2.05) is 11.0 Å². The Morgan fingerprint density at radius 2 is 2.06 bits per heavy atom. The summed E-state index contributed by atoms with van der Waals surface area (Å²) in [7, 11) is 0. The van der Waals surface area contributed by atoms with Gasteiger partial charge in [-0.1, -0.05) is 15.9 Å². The zero-order valence-electron chi connectivity index (χ0n) is 9.00. The van der Waals surface area contributed by atoms with E-state index in [1.54, 1.807) is 6.07 Å². The first kappa shape index (κ1) is 11.9. The van der Waals surface area contributed by atoms with Crippen LogP contribution in [0.25, 0.3) is 0 Å². The molecule has 1 aliphatic rings. The lowest BCUT2D eigenvalue weighted by Gasteiger charge is -2.33. The van der Waals surface area contributed by atoms with E-state index in [1.165, 1.54) is 6.07 Å². The van der Waals surface area contributed by atoms with Crippen LogP contribution in [-0.4, -0.2) is 24.8 Å². The van der Waals surface area contributed by atoms with Crippen molar-refractivity contribution in [3.8, 4) is 0 Å². The number of hydrogen-bond donors (Lipinski definition) is 1. The molecule has 1 aromatic carbocycles. The first-order valence-corrected chi connectivity index (χ1v) is 6.31. The fraction of sp³-hybridized carbons (Fsp3) is 0.500. The van der Waals surface area contributed by atoms with Gasteiger partial charge < -0.3 is 10.0 Å². The minimum Gasteiger partial charge on any atom is -0.396 e. The minimum atomic E-state index is -0.183. The van der Waals surface area contributed by atoms with Crippen LogP contribution in [0.3, 0.4) is 0 Å². The third kappa shape index (κ3) is 2.55. The highest BCUT2D eigenvalue weighted by molar-refractivity contribution is 9.10. The van der Waals surface area contributed by atoms with Gasteiger partial charge in [0, 0.05) is 24.2 Å². The van der Waals surface area contributed by atoms with Gasteiger partial charge in [-0.2, -0.15) is 0 Å². The monoisotopic (exact) mass is 287 g/mol. The SMILES string of the molecule is OCC1CCN(c2ccc(Br)cc2F)CC1. The van der Waals surface area contributed by atoms with E-state index in [4.69, 9.17) is 5.11 Å². The van der Waals surface area contributed by atoms with Crippen LogP contribution in [0.5, 0.6) is 0 Å². The fourth-order valence-corrected chi connectivity index (χ4v) is 2.43. The van der Waals surface area contributed by atoms with Crippen LogP contribution in [0.2, 0.25) is 0 Å². The van der Waals surface area contributed by atoms with Crippen molar-refractivity contribution in [2.75, 3.05) is 24.6 Å². The molecule has 0 aromatic heterocycles. The molecular formula is C12H15BrFNO. The van der Waals surface area contributed by atoms with Crippen LogP contribution in [0, 0.1) is 11.7 Å². The highest BCUT2D eigenvalue weighted by Crippen LogP contribution is 2.27. The highest BCUT2D eigenvalue weighted by Gasteiger charge is 2.20. The maximum atomic E-state index is 13.7. The second-order valence-electron chi connectivity index (χ2n) is 4.21. The minimum absolute atomic E-state index is 0.183. The third-order valence-corrected chi connectivity index (χ3v) is 3.62. The molecule has 0 unspecified atom stereocenters. The molecule has 1 aliphatic heterocycles. The second kappa shape index (κ2) is 5.15. The quantitative estimate of drug-likeness (QED) is 0.904. The molecule has 1 heterocycles. The Morgan fingerprint density at radius 1 is 1.38 bits per heavy atom. The number of hydrogen-bond acceptors (Lipinski definition) is 2. The number of benzene rings is 1. The lowest BCUT2D eigenvalue weighted by atomic mass is 9.97. The molecular weight excluding hydrogens is 273 g/mol. The number of rotatable bonds is 2. The standard InChI is InChI=1S/C12H15BrFNO/c13-10-1-2-12(11(14)7-10)15-5-3-9(8-16)4-6-15/h1-2,7,9,16H,3-6,8H2. The molecule has 4 heteroatoms. The van der Waals surface area contributed by atoms with Crippen LogP contribution < -0.4 is 4.90 Å². The van der Waals surface area contributed by atoms with Crippen molar-refractivity contribution < 1.29 is 9.50 Å². The average molecular weight is 288 g/mol. The van der Waals surface area contributed by atoms with E-state index in [0.717, 1.165) is 30.4 Å². The van der Waals surface area contributed by atoms with Crippen molar-refractivity contribution in [1.29, 1.82) is 0 Å². The fourth-order valence-electron chi connectivity index (χ4n) is 2.09. The zero-order valence-corrected chi connectivity index (χ0v) is 10.6. The molecule has 1 N–H and O–H groups in total. The smallest absolute Gasteiger partial charge is 0.147 e. The van der Waals surface area contributed by atoms with Crippen LogP contribution in [-0.2, 0) is 0 Å². The Morgan fingerprint density at radius 3 is 2.62 bits per heavy atom. The average Bonchev–Trinajstić information content (AvgIpc) is 2.29. The summed E-state index contributed by atoms with van der Waals surface area (Å²) in [5.74, 6) is 0.201. The molecule has 2 nitrogen and oxygen atoms in total. The van der Waals surface area contributed by atoms with Crippen molar-refractivity contribution >= 4 is 21.6 Å². The van der Waals surface area contributed by atoms with E-state index in [0.29, 0.717) is 11.6 Å². The summed E-state index contributed by atoms with van der Waals surface area (Å²) in [5.41, 5.74) is 0.666. The largest absolute Gasteiger partial charge is 0.396 e. The summed E-state index contributed by atoms with van der Waals surface area (Å²) in [6.45, 7) is 1.89. The molecule has 0 bridgehead atoms. The predicted octanol–water partition coefficient (Wildman–Crippen LogP) is 2.80. The molecule has 0 spiro atoms. The van der Waals surface area contributed by atoms with Crippen LogP contribution in [0.1, 0.15) is 12.8 Å². The molecule has 0 radical (unpaired) electrons. The predicted molar refractivity (Wildman–Crippen MR) is 66.1 cm³/mol. The van der Waals surface area contributed by atoms with Gasteiger partial charge in [-0.05, 0) is 37.0 Å². The van der Waals surface area contributed by atoms with Gasteiger partial charge in [0.2, 0.25) is 0 Å². The highest BCUT2D eigenvalue weighted by atomic mass is 79.9. The van der Waals surface area contributed by atoms with Crippen LogP contribution in [0.15, 0.2) is 22.7 Å². The number of aliphatic hydroxyl groups is 1. The van der Waals surface area contributed by atoms with E-state index >= 15 is 0 Å². The summed E-state index contributed by atoms with van der Waals surface area (Å²) >= 11 is 3.25. The van der Waals surface area contributed by atoms with Crippen molar-refractivity contribution in [3.63, 3.8) is 0 Å². The Bertz CT molecular complexity index is 364. The van der Waals surface area contributed by atoms with E-state index in [9.17, 15) is 4.39 Å². The van der Waals surface area contributed by atoms with Gasteiger partial charge in [-0.3, -0.25) is 0 Å². The van der Waals surface area contributed by atoms with E-state index in [2.05, 4.69) is 15.9 Å². The summed E-state index contributed by atoms with van der Waals surface area (Å²) in [5, 5.41) is 9.04. The van der Waals surface area contributed by atoms with Gasteiger partial charge >= 0.3 is 0 Å². The Hall–Kier alpha value is -0.610. The van der Waals surface area contributed by atoms with Gasteiger partial charge in [0.05, 0.1) is 5.69 Å². The molecule has 0 aliphatic carbocycles. The van der Waals surface area contributed by atoms with E-state index < -0.39 is 0 Å². The summed E-state index contributed by atoms with van der Waals surface area (Å²) in [6.07, 6.45) is 1.87. The topological polar surface area (TPSA) is 23.5 Å². The molecule has 1 saturated heterocycles. The van der Waals surface area contributed by atoms with Gasteiger partial charge in [0.15, 0.2) is 0 Å². The van der Waals surface area contributed by atoms with Gasteiger partial charge in [-0.25, -0.2) is 4.39 Å². The molecule has 0 saturated carbocycles. The molecule has 2 rings (SSSR count). The number of nitrogens with zero attached hydrogens (tertiary/aromatic N) is 1. The molecule has 1 aromatic rings. The summed E-state index contributed by atoms with van der Waals surface area (Å²) < 4.78 is 14.5. The van der Waals surface area contributed by atoms with Gasteiger partial charge in [-0.15, -0.1) is 0 Å². The molecule has 0 amide bonds. The Balaban J connectivity index is 2.08. The number of piperidine rings is 1. The third-order valence-electron chi connectivity index (χ3n) is 3.12. The molecule has 0 atom stereocenters. The zero-order chi connectivity index (χ0) is 11.5. The molecule has 88 valence electrons. The summed E-state index contributed by atoms with van der Waals surface area (Å²) in [4.78, 5) is 2.05. The maximum absolute atomic E-state index is 13.7. The lowest BCUT2D eigenvalue weighted by molar-refractivity contribution is 0.203. The van der Waals surface area contributed by atoms with E-state index in [-0.39, 0.29) is 12.4 Å². The van der Waals surface area contributed by atoms with Crippen LogP contribution >= 0.6 is 15.9 Å².